The number of hydrogen-bond acceptors (Lipinski definition) is 4. The first kappa shape index (κ1) is 20.3. The van der Waals surface area contributed by atoms with Gasteiger partial charge in [-0.1, -0.05) is 0 Å². The number of hydrogen-bond donors (Lipinski definition) is 2. The second-order valence-corrected chi connectivity index (χ2v) is 5.53. The molecule has 1 saturated heterocycles. The number of likely N-dealkylation sites (tertiary alicyclic amines) is 1. The predicted molar refractivity (Wildman–Crippen MR) is 77.1 cm³/mol. The number of nitrogens with two attached hydrogens (primary N) is 1. The average molecular weight is 350 g/mol. The highest BCUT2D eigenvalue weighted by atomic mass is 35.5. The fourth-order valence-electron chi connectivity index (χ4n) is 1.99. The van der Waals surface area contributed by atoms with Gasteiger partial charge < -0.3 is 16.0 Å². The van der Waals surface area contributed by atoms with Gasteiger partial charge >= 0.3 is 5.51 Å². The topological polar surface area (TPSA) is 75.4 Å². The Balaban J connectivity index is 0.00000400. The van der Waals surface area contributed by atoms with Crippen molar-refractivity contribution in [1.82, 2.24) is 10.2 Å². The Morgan fingerprint density at radius 1 is 1.38 bits per heavy atom. The molecule has 0 spiro atoms. The van der Waals surface area contributed by atoms with Crippen LogP contribution in [0.25, 0.3) is 0 Å². The molecule has 124 valence electrons. The van der Waals surface area contributed by atoms with Gasteiger partial charge in [-0.2, -0.15) is 13.2 Å². The molecule has 0 aromatic carbocycles. The van der Waals surface area contributed by atoms with Crippen molar-refractivity contribution in [2.45, 2.75) is 18.3 Å². The van der Waals surface area contributed by atoms with E-state index in [2.05, 4.69) is 5.32 Å². The third kappa shape index (κ3) is 7.77. The number of carbonyl (C=O) groups excluding carboxylic acids is 2. The molecule has 1 atom stereocenters. The van der Waals surface area contributed by atoms with Crippen molar-refractivity contribution < 1.29 is 22.8 Å². The van der Waals surface area contributed by atoms with Crippen LogP contribution in [0.5, 0.6) is 0 Å². The van der Waals surface area contributed by atoms with Gasteiger partial charge in [0.1, 0.15) is 0 Å². The molecule has 0 aromatic heterocycles. The average Bonchev–Trinajstić information content (AvgIpc) is 2.41. The molecule has 0 radical (unpaired) electrons. The highest BCUT2D eigenvalue weighted by Crippen LogP contribution is 2.30. The van der Waals surface area contributed by atoms with Crippen LogP contribution in [0.3, 0.4) is 0 Å². The molecular formula is C11H19ClF3N3O2S. The molecule has 0 aromatic rings. The fourth-order valence-corrected chi connectivity index (χ4v) is 2.46. The van der Waals surface area contributed by atoms with Crippen molar-refractivity contribution in [3.05, 3.63) is 0 Å². The monoisotopic (exact) mass is 349 g/mol. The minimum Gasteiger partial charge on any atom is -0.355 e. The molecule has 0 aliphatic carbocycles. The summed E-state index contributed by atoms with van der Waals surface area (Å²) in [6.45, 7) is 1.25. The van der Waals surface area contributed by atoms with Gasteiger partial charge in [-0.25, -0.2) is 0 Å². The first-order valence-electron chi connectivity index (χ1n) is 6.29. The normalized spacial score (nSPS) is 18.9. The van der Waals surface area contributed by atoms with Crippen LogP contribution in [-0.2, 0) is 9.59 Å². The summed E-state index contributed by atoms with van der Waals surface area (Å²) in [6.07, 6.45) is 1.25. The van der Waals surface area contributed by atoms with E-state index in [0.717, 1.165) is 0 Å². The molecule has 0 saturated carbocycles. The van der Waals surface area contributed by atoms with Crippen LogP contribution in [0.1, 0.15) is 12.8 Å². The summed E-state index contributed by atoms with van der Waals surface area (Å²) in [5, 5.41) is 2.63. The zero-order valence-corrected chi connectivity index (χ0v) is 13.0. The molecule has 1 heterocycles. The predicted octanol–water partition coefficient (Wildman–Crippen LogP) is 0.975. The van der Waals surface area contributed by atoms with Crippen LogP contribution in [0.2, 0.25) is 0 Å². The minimum absolute atomic E-state index is 0. The van der Waals surface area contributed by atoms with Crippen LogP contribution >= 0.6 is 24.2 Å². The summed E-state index contributed by atoms with van der Waals surface area (Å²) < 4.78 is 36.1. The standard InChI is InChI=1S/C11H18F3N3O2S.ClH/c12-11(13,14)20-7-9(18)17-5-1-2-8(6-17)10(19)16-4-3-15;/h8H,1-7,15H2,(H,16,19);1H. The van der Waals surface area contributed by atoms with Gasteiger partial charge in [0, 0.05) is 26.2 Å². The first-order valence-corrected chi connectivity index (χ1v) is 7.28. The molecule has 1 rings (SSSR count). The molecule has 1 unspecified atom stereocenters. The molecule has 5 nitrogen and oxygen atoms in total. The van der Waals surface area contributed by atoms with Crippen LogP contribution in [0.4, 0.5) is 13.2 Å². The number of rotatable bonds is 5. The molecule has 1 aliphatic rings. The second-order valence-electron chi connectivity index (χ2n) is 4.49. The number of nitrogens with one attached hydrogen (secondary N) is 1. The fraction of sp³-hybridized carbons (Fsp3) is 0.818. The zero-order valence-electron chi connectivity index (χ0n) is 11.3. The maximum Gasteiger partial charge on any atom is 0.442 e. The summed E-state index contributed by atoms with van der Waals surface area (Å²) in [4.78, 5) is 24.8. The van der Waals surface area contributed by atoms with Gasteiger partial charge in [0.15, 0.2) is 0 Å². The van der Waals surface area contributed by atoms with Crippen molar-refractivity contribution in [1.29, 1.82) is 0 Å². The van der Waals surface area contributed by atoms with E-state index >= 15 is 0 Å². The molecule has 21 heavy (non-hydrogen) atoms. The largest absolute Gasteiger partial charge is 0.442 e. The zero-order chi connectivity index (χ0) is 15.2. The maximum atomic E-state index is 12.0. The van der Waals surface area contributed by atoms with E-state index in [0.29, 0.717) is 32.5 Å². The first-order chi connectivity index (χ1) is 9.33. The Bertz CT molecular complexity index is 358. The number of piperidine rings is 1. The molecule has 1 aliphatic heterocycles. The molecule has 0 bridgehead atoms. The van der Waals surface area contributed by atoms with Crippen LogP contribution < -0.4 is 11.1 Å². The number of nitrogens with zero attached hydrogens (tertiary/aromatic N) is 1. The number of alkyl halides is 3. The van der Waals surface area contributed by atoms with Gasteiger partial charge in [0.2, 0.25) is 11.8 Å². The second kappa shape index (κ2) is 9.37. The minimum atomic E-state index is -4.41. The van der Waals surface area contributed by atoms with Crippen molar-refractivity contribution in [2.24, 2.45) is 11.7 Å². The van der Waals surface area contributed by atoms with Crippen molar-refractivity contribution in [3.8, 4) is 0 Å². The van der Waals surface area contributed by atoms with Crippen molar-refractivity contribution in [2.75, 3.05) is 31.9 Å². The van der Waals surface area contributed by atoms with Gasteiger partial charge in [-0.3, -0.25) is 9.59 Å². The third-order valence-electron chi connectivity index (χ3n) is 2.95. The Hall–Kier alpha value is -0.670. The van der Waals surface area contributed by atoms with E-state index < -0.39 is 17.2 Å². The van der Waals surface area contributed by atoms with Gasteiger partial charge in [0.05, 0.1) is 11.7 Å². The summed E-state index contributed by atoms with van der Waals surface area (Å²) in [5.41, 5.74) is 0.860. The SMILES string of the molecule is Cl.NCCNC(=O)C1CCCN(C(=O)CSC(F)(F)F)C1. The Labute approximate surface area is 131 Å². The van der Waals surface area contributed by atoms with E-state index in [1.165, 1.54) is 4.90 Å². The number of carbonyl (C=O) groups is 2. The van der Waals surface area contributed by atoms with Gasteiger partial charge in [0.25, 0.3) is 0 Å². The van der Waals surface area contributed by atoms with E-state index in [1.807, 2.05) is 0 Å². The summed E-state index contributed by atoms with van der Waals surface area (Å²) in [6, 6.07) is 0. The lowest BCUT2D eigenvalue weighted by Gasteiger charge is -2.32. The Morgan fingerprint density at radius 3 is 2.62 bits per heavy atom. The smallest absolute Gasteiger partial charge is 0.355 e. The van der Waals surface area contributed by atoms with E-state index in [9.17, 15) is 22.8 Å². The van der Waals surface area contributed by atoms with E-state index in [-0.39, 0.29) is 42.5 Å². The summed E-state index contributed by atoms with van der Waals surface area (Å²) in [7, 11) is 0. The van der Waals surface area contributed by atoms with Gasteiger partial charge in [-0.15, -0.1) is 12.4 Å². The number of thioether (sulfide) groups is 1. The lowest BCUT2D eigenvalue weighted by atomic mass is 9.97. The number of amides is 2. The molecule has 3 N–H and O–H groups in total. The van der Waals surface area contributed by atoms with E-state index in [1.54, 1.807) is 0 Å². The Kier molecular flexibility index (Phi) is 9.07. The number of halogens is 4. The quantitative estimate of drug-likeness (QED) is 0.775. The lowest BCUT2D eigenvalue weighted by Crippen LogP contribution is -2.46. The van der Waals surface area contributed by atoms with Crippen LogP contribution in [0.15, 0.2) is 0 Å². The lowest BCUT2D eigenvalue weighted by molar-refractivity contribution is -0.133. The van der Waals surface area contributed by atoms with Crippen LogP contribution in [0, 0.1) is 5.92 Å². The summed E-state index contributed by atoms with van der Waals surface area (Å²) >= 11 is -0.349. The van der Waals surface area contributed by atoms with Crippen molar-refractivity contribution >= 4 is 36.0 Å². The Morgan fingerprint density at radius 2 is 2.05 bits per heavy atom. The van der Waals surface area contributed by atoms with Gasteiger partial charge in [-0.05, 0) is 24.6 Å². The summed E-state index contributed by atoms with van der Waals surface area (Å²) in [5.74, 6) is -1.78. The third-order valence-corrected chi connectivity index (χ3v) is 3.67. The maximum absolute atomic E-state index is 12.0. The molecular weight excluding hydrogens is 331 g/mol. The molecule has 10 heteroatoms. The molecule has 2 amide bonds. The highest BCUT2D eigenvalue weighted by Gasteiger charge is 2.32. The highest BCUT2D eigenvalue weighted by molar-refractivity contribution is 8.00. The van der Waals surface area contributed by atoms with Crippen molar-refractivity contribution in [3.63, 3.8) is 0 Å². The molecule has 1 fully saturated rings. The van der Waals surface area contributed by atoms with E-state index in [4.69, 9.17) is 5.73 Å². The van der Waals surface area contributed by atoms with Crippen LogP contribution in [-0.4, -0.2) is 54.2 Å².